The Morgan fingerprint density at radius 3 is 2.33 bits per heavy atom. The molecule has 2 rings (SSSR count). The monoisotopic (exact) mass is 533 g/mol. The smallest absolute Gasteiger partial charge is 0.191 e. The Balaban J connectivity index is 0.00000450. The maximum Gasteiger partial charge on any atom is 0.191 e. The number of rotatable bonds is 9. The highest BCUT2D eigenvalue weighted by Gasteiger charge is 2.23. The first-order valence-electron chi connectivity index (χ1n) is 11.3. The van der Waals surface area contributed by atoms with Crippen LogP contribution in [0.25, 0.3) is 0 Å². The quantitative estimate of drug-likeness (QED) is 0.290. The summed E-state index contributed by atoms with van der Waals surface area (Å²) in [4.78, 5) is 9.88. The molecule has 2 atom stereocenters. The van der Waals surface area contributed by atoms with E-state index in [0.717, 1.165) is 25.6 Å². The number of hydrogen-bond donors (Lipinski definition) is 2. The number of nitrogens with zero attached hydrogens (tertiary/aromatic N) is 5. The summed E-state index contributed by atoms with van der Waals surface area (Å²) in [6.45, 7) is 11.7. The molecule has 1 aliphatic rings. The van der Waals surface area contributed by atoms with Gasteiger partial charge in [-0.2, -0.15) is 5.10 Å². The second kappa shape index (κ2) is 14.2. The lowest BCUT2D eigenvalue weighted by atomic mass is 10.0. The maximum atomic E-state index is 4.98. The van der Waals surface area contributed by atoms with Crippen molar-refractivity contribution >= 4 is 29.9 Å². The van der Waals surface area contributed by atoms with Crippen LogP contribution in [0.5, 0.6) is 0 Å². The zero-order valence-corrected chi connectivity index (χ0v) is 22.2. The Labute approximate surface area is 201 Å². The van der Waals surface area contributed by atoms with Crippen LogP contribution in [0.3, 0.4) is 0 Å². The van der Waals surface area contributed by atoms with Crippen LogP contribution in [0.4, 0.5) is 0 Å². The van der Waals surface area contributed by atoms with Crippen molar-refractivity contribution in [3.05, 3.63) is 18.0 Å². The Morgan fingerprint density at radius 1 is 1.17 bits per heavy atom. The highest BCUT2D eigenvalue weighted by Crippen LogP contribution is 2.18. The lowest BCUT2D eigenvalue weighted by Gasteiger charge is -2.32. The number of likely N-dealkylation sites (N-methyl/N-ethyl adjacent to an activating group) is 1. The summed E-state index contributed by atoms with van der Waals surface area (Å²) in [5.74, 6) is 1.51. The van der Waals surface area contributed by atoms with Crippen molar-refractivity contribution in [2.75, 3.05) is 46.8 Å². The third kappa shape index (κ3) is 8.70. The van der Waals surface area contributed by atoms with Crippen molar-refractivity contribution in [3.63, 3.8) is 0 Å². The maximum absolute atomic E-state index is 4.98. The predicted octanol–water partition coefficient (Wildman–Crippen LogP) is 3.10. The fourth-order valence-electron chi connectivity index (χ4n) is 4.11. The van der Waals surface area contributed by atoms with Gasteiger partial charge in [-0.3, -0.25) is 14.6 Å². The first kappa shape index (κ1) is 27.2. The Bertz CT molecular complexity index is 606. The number of aryl methyl sites for hydroxylation is 1. The lowest BCUT2D eigenvalue weighted by molar-refractivity contribution is 0.166. The molecular weight excluding hydrogens is 489 g/mol. The fourth-order valence-corrected chi connectivity index (χ4v) is 4.11. The van der Waals surface area contributed by atoms with Crippen LogP contribution >= 0.6 is 24.0 Å². The summed E-state index contributed by atoms with van der Waals surface area (Å²) in [6, 6.07) is 0.755. The summed E-state index contributed by atoms with van der Waals surface area (Å²) in [6.07, 6.45) is 9.42. The molecule has 1 saturated heterocycles. The van der Waals surface area contributed by atoms with Crippen LogP contribution in [-0.2, 0) is 7.05 Å². The van der Waals surface area contributed by atoms with Gasteiger partial charge in [-0.25, -0.2) is 0 Å². The van der Waals surface area contributed by atoms with Gasteiger partial charge in [0.15, 0.2) is 5.96 Å². The van der Waals surface area contributed by atoms with Gasteiger partial charge in [0.2, 0.25) is 0 Å². The number of nitrogens with one attached hydrogen (secondary N) is 2. The highest BCUT2D eigenvalue weighted by atomic mass is 127. The number of guanidine groups is 1. The van der Waals surface area contributed by atoms with E-state index in [-0.39, 0.29) is 30.0 Å². The molecule has 30 heavy (non-hydrogen) atoms. The topological polar surface area (TPSA) is 60.7 Å². The van der Waals surface area contributed by atoms with E-state index >= 15 is 0 Å². The SMILES string of the molecule is CCNC(=NCC(C(C)C)N1CCCCCC1)NCC(c1cnn(C)c1)N(C)C.I. The minimum Gasteiger partial charge on any atom is -0.357 e. The molecule has 8 heteroatoms. The number of hydrogen-bond acceptors (Lipinski definition) is 4. The van der Waals surface area contributed by atoms with Gasteiger partial charge in [-0.05, 0) is 52.9 Å². The molecule has 2 N–H and O–H groups in total. The molecule has 0 amide bonds. The van der Waals surface area contributed by atoms with E-state index in [4.69, 9.17) is 4.99 Å². The number of halogens is 1. The zero-order chi connectivity index (χ0) is 21.2. The van der Waals surface area contributed by atoms with Crippen molar-refractivity contribution in [1.82, 2.24) is 30.2 Å². The third-order valence-corrected chi connectivity index (χ3v) is 5.86. The van der Waals surface area contributed by atoms with Crippen molar-refractivity contribution in [2.45, 2.75) is 58.5 Å². The number of aliphatic imine (C=N–C) groups is 1. The van der Waals surface area contributed by atoms with Crippen LogP contribution in [0.2, 0.25) is 0 Å². The van der Waals surface area contributed by atoms with E-state index in [2.05, 4.69) is 66.6 Å². The molecule has 0 aliphatic carbocycles. The molecule has 2 unspecified atom stereocenters. The highest BCUT2D eigenvalue weighted by molar-refractivity contribution is 14.0. The van der Waals surface area contributed by atoms with Gasteiger partial charge in [0.25, 0.3) is 0 Å². The van der Waals surface area contributed by atoms with Gasteiger partial charge in [-0.15, -0.1) is 24.0 Å². The van der Waals surface area contributed by atoms with E-state index in [1.807, 2.05) is 17.9 Å². The molecule has 1 aromatic rings. The predicted molar refractivity (Wildman–Crippen MR) is 138 cm³/mol. The molecule has 0 saturated carbocycles. The van der Waals surface area contributed by atoms with Gasteiger partial charge in [-0.1, -0.05) is 26.7 Å². The molecule has 1 aromatic heterocycles. The second-order valence-electron chi connectivity index (χ2n) is 8.79. The summed E-state index contributed by atoms with van der Waals surface area (Å²) in [5, 5.41) is 11.3. The molecule has 0 spiro atoms. The van der Waals surface area contributed by atoms with E-state index in [1.165, 1.54) is 44.3 Å². The van der Waals surface area contributed by atoms with Crippen molar-refractivity contribution < 1.29 is 0 Å². The van der Waals surface area contributed by atoms with Gasteiger partial charge >= 0.3 is 0 Å². The minimum absolute atomic E-state index is 0. The van der Waals surface area contributed by atoms with Crippen LogP contribution in [-0.4, -0.2) is 78.4 Å². The first-order chi connectivity index (χ1) is 13.9. The summed E-state index contributed by atoms with van der Waals surface area (Å²) in [5.41, 5.74) is 1.21. The van der Waals surface area contributed by atoms with E-state index < -0.39 is 0 Å². The van der Waals surface area contributed by atoms with Crippen LogP contribution in [0.15, 0.2) is 17.4 Å². The molecule has 0 radical (unpaired) electrons. The summed E-state index contributed by atoms with van der Waals surface area (Å²) in [7, 11) is 6.18. The van der Waals surface area contributed by atoms with Crippen molar-refractivity contribution in [3.8, 4) is 0 Å². The number of likely N-dealkylation sites (tertiary alicyclic amines) is 1. The lowest BCUT2D eigenvalue weighted by Crippen LogP contribution is -2.45. The average Bonchev–Trinajstić information content (AvgIpc) is 2.91. The fraction of sp³-hybridized carbons (Fsp3) is 0.818. The Kier molecular flexibility index (Phi) is 12.9. The van der Waals surface area contributed by atoms with Crippen molar-refractivity contribution in [1.29, 1.82) is 0 Å². The molecule has 0 aromatic carbocycles. The van der Waals surface area contributed by atoms with Gasteiger partial charge in [0, 0.05) is 37.9 Å². The Hall–Kier alpha value is -0.870. The summed E-state index contributed by atoms with van der Waals surface area (Å²) < 4.78 is 1.86. The van der Waals surface area contributed by atoms with Crippen LogP contribution < -0.4 is 10.6 Å². The summed E-state index contributed by atoms with van der Waals surface area (Å²) >= 11 is 0. The minimum atomic E-state index is 0. The van der Waals surface area contributed by atoms with Crippen LogP contribution in [0.1, 0.15) is 58.1 Å². The normalized spacial score (nSPS) is 18.1. The average molecular weight is 534 g/mol. The molecule has 1 aliphatic heterocycles. The molecule has 174 valence electrons. The molecule has 2 heterocycles. The second-order valence-corrected chi connectivity index (χ2v) is 8.79. The molecular formula is C22H44IN7. The van der Waals surface area contributed by atoms with E-state index in [0.29, 0.717) is 12.0 Å². The molecule has 7 nitrogen and oxygen atoms in total. The standard InChI is InChI=1S/C22H43N7.HI/c1-7-23-22(25-16-21(27(4)5)19-14-26-28(6)17-19)24-15-20(18(2)3)29-12-10-8-9-11-13-29;/h14,17-18,20-21H,7-13,15-16H2,1-6H3,(H2,23,24,25);1H. The van der Waals surface area contributed by atoms with Crippen LogP contribution in [0, 0.1) is 5.92 Å². The Morgan fingerprint density at radius 2 is 1.83 bits per heavy atom. The first-order valence-corrected chi connectivity index (χ1v) is 11.3. The largest absolute Gasteiger partial charge is 0.357 e. The zero-order valence-electron chi connectivity index (χ0n) is 19.9. The van der Waals surface area contributed by atoms with Gasteiger partial charge in [0.05, 0.1) is 18.8 Å². The molecule has 0 bridgehead atoms. The number of aromatic nitrogens is 2. The van der Waals surface area contributed by atoms with Gasteiger partial charge < -0.3 is 15.5 Å². The van der Waals surface area contributed by atoms with Crippen molar-refractivity contribution in [2.24, 2.45) is 18.0 Å². The molecule has 1 fully saturated rings. The third-order valence-electron chi connectivity index (χ3n) is 5.86. The van der Waals surface area contributed by atoms with Gasteiger partial charge in [0.1, 0.15) is 0 Å². The van der Waals surface area contributed by atoms with E-state index in [9.17, 15) is 0 Å². The van der Waals surface area contributed by atoms with E-state index in [1.54, 1.807) is 0 Å².